The van der Waals surface area contributed by atoms with E-state index in [4.69, 9.17) is 4.74 Å². The summed E-state index contributed by atoms with van der Waals surface area (Å²) in [6.07, 6.45) is 6.82. The maximum atomic E-state index is 12.5. The second-order valence-electron chi connectivity index (χ2n) is 7.63. The van der Waals surface area contributed by atoms with Crippen LogP contribution in [0, 0.1) is 17.3 Å². The highest BCUT2D eigenvalue weighted by atomic mass is 32.1. The summed E-state index contributed by atoms with van der Waals surface area (Å²) in [5, 5.41) is 3.84. The van der Waals surface area contributed by atoms with Gasteiger partial charge in [0.25, 0.3) is 0 Å². The molecule has 1 aliphatic rings. The van der Waals surface area contributed by atoms with E-state index in [0.717, 1.165) is 30.9 Å². The van der Waals surface area contributed by atoms with Crippen LogP contribution in [0.15, 0.2) is 11.7 Å². The van der Waals surface area contributed by atoms with Gasteiger partial charge in [0.2, 0.25) is 5.91 Å². The van der Waals surface area contributed by atoms with E-state index in [1.165, 1.54) is 17.8 Å². The fraction of sp³-hybridized carbons (Fsp3) is 0.778. The summed E-state index contributed by atoms with van der Waals surface area (Å²) in [5.74, 6) is 1.28. The summed E-state index contributed by atoms with van der Waals surface area (Å²) < 4.78 is 5.95. The Kier molecular flexibility index (Phi) is 6.60. The van der Waals surface area contributed by atoms with Crippen molar-refractivity contribution in [2.45, 2.75) is 65.9 Å². The molecule has 1 aromatic rings. The lowest BCUT2D eigenvalue weighted by Gasteiger charge is -2.42. The van der Waals surface area contributed by atoms with Crippen molar-refractivity contribution in [3.8, 4) is 0 Å². The molecule has 1 fully saturated rings. The van der Waals surface area contributed by atoms with E-state index in [2.05, 4.69) is 38.0 Å². The molecule has 5 heteroatoms. The summed E-state index contributed by atoms with van der Waals surface area (Å²) in [5.41, 5.74) is 1.82. The predicted molar refractivity (Wildman–Crippen MR) is 95.7 cm³/mol. The molecule has 4 nitrogen and oxygen atoms in total. The van der Waals surface area contributed by atoms with E-state index in [1.807, 2.05) is 0 Å². The summed E-state index contributed by atoms with van der Waals surface area (Å²) in [7, 11) is 0. The standard InChI is InChI=1S/C18H30N2O2S/c1-13(2)5-6-18(7-8-22-15(9-18)14(3)4)10-16(21)20-17-11-19-12-23-17/h11-15H,5-10H2,1-4H3,(H,20,21)/t15-,18-/m1/s1. The summed E-state index contributed by atoms with van der Waals surface area (Å²) >= 11 is 1.47. The highest BCUT2D eigenvalue weighted by Gasteiger charge is 2.39. The van der Waals surface area contributed by atoms with Crippen molar-refractivity contribution < 1.29 is 9.53 Å². The van der Waals surface area contributed by atoms with Gasteiger partial charge in [-0.15, -0.1) is 11.3 Å². The molecule has 1 saturated heterocycles. The number of anilines is 1. The molecule has 130 valence electrons. The molecule has 2 atom stereocenters. The number of rotatable bonds is 7. The highest BCUT2D eigenvalue weighted by Crippen LogP contribution is 2.43. The zero-order valence-electron chi connectivity index (χ0n) is 14.8. The number of hydrogen-bond donors (Lipinski definition) is 1. The van der Waals surface area contributed by atoms with Gasteiger partial charge in [-0.1, -0.05) is 34.1 Å². The van der Waals surface area contributed by atoms with E-state index in [0.29, 0.717) is 18.3 Å². The number of nitrogens with one attached hydrogen (secondary N) is 1. The molecule has 0 radical (unpaired) electrons. The number of amides is 1. The predicted octanol–water partition coefficient (Wildman–Crippen LogP) is 4.73. The largest absolute Gasteiger partial charge is 0.378 e. The third kappa shape index (κ3) is 5.57. The Morgan fingerprint density at radius 2 is 2.26 bits per heavy atom. The van der Waals surface area contributed by atoms with Gasteiger partial charge < -0.3 is 10.1 Å². The molecule has 1 aliphatic heterocycles. The lowest BCUT2D eigenvalue weighted by atomic mass is 9.69. The van der Waals surface area contributed by atoms with Gasteiger partial charge in [0.05, 0.1) is 17.8 Å². The second kappa shape index (κ2) is 8.25. The number of ether oxygens (including phenoxy) is 1. The molecule has 23 heavy (non-hydrogen) atoms. The van der Waals surface area contributed by atoms with Crippen LogP contribution < -0.4 is 5.32 Å². The maximum Gasteiger partial charge on any atom is 0.225 e. The van der Waals surface area contributed by atoms with Crippen LogP contribution in [0.3, 0.4) is 0 Å². The molecule has 0 aliphatic carbocycles. The van der Waals surface area contributed by atoms with Crippen molar-refractivity contribution in [2.75, 3.05) is 11.9 Å². The van der Waals surface area contributed by atoms with Crippen molar-refractivity contribution in [2.24, 2.45) is 17.3 Å². The lowest BCUT2D eigenvalue weighted by Crippen LogP contribution is -2.40. The van der Waals surface area contributed by atoms with E-state index in [-0.39, 0.29) is 17.4 Å². The van der Waals surface area contributed by atoms with Gasteiger partial charge in [0.15, 0.2) is 0 Å². The number of carbonyl (C=O) groups is 1. The normalized spacial score (nSPS) is 25.0. The molecule has 2 rings (SSSR count). The molecule has 0 spiro atoms. The highest BCUT2D eigenvalue weighted by molar-refractivity contribution is 7.13. The van der Waals surface area contributed by atoms with Crippen LogP contribution in [0.1, 0.15) is 59.8 Å². The van der Waals surface area contributed by atoms with Crippen LogP contribution in [-0.4, -0.2) is 23.6 Å². The Hall–Kier alpha value is -0.940. The van der Waals surface area contributed by atoms with Gasteiger partial charge >= 0.3 is 0 Å². The molecular formula is C18H30N2O2S. The van der Waals surface area contributed by atoms with Gasteiger partial charge in [0, 0.05) is 13.0 Å². The Bertz CT molecular complexity index is 487. The SMILES string of the molecule is CC(C)CC[C@@]1(CC(=O)Nc2cncs2)CCO[C@@H](C(C)C)C1. The van der Waals surface area contributed by atoms with E-state index < -0.39 is 0 Å². The quantitative estimate of drug-likeness (QED) is 0.782. The molecule has 0 bridgehead atoms. The van der Waals surface area contributed by atoms with Crippen molar-refractivity contribution in [3.05, 3.63) is 11.7 Å². The summed E-state index contributed by atoms with van der Waals surface area (Å²) in [6, 6.07) is 0. The Morgan fingerprint density at radius 3 is 2.87 bits per heavy atom. The monoisotopic (exact) mass is 338 g/mol. The fourth-order valence-corrected chi connectivity index (χ4v) is 3.84. The van der Waals surface area contributed by atoms with E-state index >= 15 is 0 Å². The average molecular weight is 339 g/mol. The van der Waals surface area contributed by atoms with Gasteiger partial charge in [-0.25, -0.2) is 0 Å². The van der Waals surface area contributed by atoms with Crippen LogP contribution >= 0.6 is 11.3 Å². The van der Waals surface area contributed by atoms with E-state index in [9.17, 15) is 4.79 Å². The fourth-order valence-electron chi connectivity index (χ4n) is 3.31. The van der Waals surface area contributed by atoms with Crippen molar-refractivity contribution in [1.29, 1.82) is 0 Å². The van der Waals surface area contributed by atoms with Crippen LogP contribution in [-0.2, 0) is 9.53 Å². The van der Waals surface area contributed by atoms with Gasteiger partial charge in [0.1, 0.15) is 5.00 Å². The molecule has 1 aromatic heterocycles. The summed E-state index contributed by atoms with van der Waals surface area (Å²) in [6.45, 7) is 9.70. The molecule has 0 aromatic carbocycles. The van der Waals surface area contributed by atoms with Crippen molar-refractivity contribution in [3.63, 3.8) is 0 Å². The average Bonchev–Trinajstić information content (AvgIpc) is 2.98. The molecule has 1 N–H and O–H groups in total. The maximum absolute atomic E-state index is 12.5. The van der Waals surface area contributed by atoms with Gasteiger partial charge in [-0.05, 0) is 36.5 Å². The Labute approximate surface area is 144 Å². The lowest BCUT2D eigenvalue weighted by molar-refractivity contribution is -0.124. The number of thiazole rings is 1. The number of carbonyl (C=O) groups excluding carboxylic acids is 1. The Balaban J connectivity index is 2.04. The third-order valence-corrected chi connectivity index (χ3v) is 5.51. The zero-order valence-corrected chi connectivity index (χ0v) is 15.6. The molecule has 0 unspecified atom stereocenters. The number of aromatic nitrogens is 1. The minimum atomic E-state index is 0.0756. The minimum absolute atomic E-state index is 0.0756. The van der Waals surface area contributed by atoms with Crippen LogP contribution in [0.5, 0.6) is 0 Å². The minimum Gasteiger partial charge on any atom is -0.378 e. The van der Waals surface area contributed by atoms with Crippen molar-refractivity contribution in [1.82, 2.24) is 4.98 Å². The van der Waals surface area contributed by atoms with Crippen LogP contribution in [0.2, 0.25) is 0 Å². The van der Waals surface area contributed by atoms with Gasteiger partial charge in [-0.2, -0.15) is 0 Å². The zero-order chi connectivity index (χ0) is 16.9. The summed E-state index contributed by atoms with van der Waals surface area (Å²) in [4.78, 5) is 16.5. The molecule has 1 amide bonds. The first kappa shape index (κ1) is 18.4. The van der Waals surface area contributed by atoms with Crippen LogP contribution in [0.4, 0.5) is 5.00 Å². The van der Waals surface area contributed by atoms with Crippen LogP contribution in [0.25, 0.3) is 0 Å². The number of nitrogens with zero attached hydrogens (tertiary/aromatic N) is 1. The topological polar surface area (TPSA) is 51.2 Å². The second-order valence-corrected chi connectivity index (χ2v) is 8.52. The first-order valence-electron chi connectivity index (χ1n) is 8.70. The first-order chi connectivity index (χ1) is 10.9. The molecular weight excluding hydrogens is 308 g/mol. The van der Waals surface area contributed by atoms with Crippen molar-refractivity contribution >= 4 is 22.2 Å². The molecule has 2 heterocycles. The smallest absolute Gasteiger partial charge is 0.225 e. The van der Waals surface area contributed by atoms with Gasteiger partial charge in [-0.3, -0.25) is 9.78 Å². The third-order valence-electron chi connectivity index (χ3n) is 4.82. The first-order valence-corrected chi connectivity index (χ1v) is 9.58. The number of hydrogen-bond acceptors (Lipinski definition) is 4. The molecule has 0 saturated carbocycles. The van der Waals surface area contributed by atoms with E-state index in [1.54, 1.807) is 11.7 Å². The Morgan fingerprint density at radius 1 is 1.48 bits per heavy atom.